The molecule has 0 fully saturated rings. The molecule has 0 aliphatic rings. The number of ether oxygens (including phenoxy) is 1. The fraction of sp³-hybridized carbons (Fsp3) is 0.250. The highest BCUT2D eigenvalue weighted by atomic mass is 32.2. The number of Topliss-reactive ketones (excluding diaryl/α,β-unsaturated/α-hetero) is 1. The molecule has 0 bridgehead atoms. The molecule has 134 valence electrons. The molecular weight excluding hydrogens is 348 g/mol. The van der Waals surface area contributed by atoms with E-state index >= 15 is 0 Å². The van der Waals surface area contributed by atoms with Crippen molar-refractivity contribution in [2.24, 2.45) is 0 Å². The van der Waals surface area contributed by atoms with Gasteiger partial charge < -0.3 is 9.72 Å². The van der Waals surface area contributed by atoms with Crippen LogP contribution in [0.2, 0.25) is 0 Å². The van der Waals surface area contributed by atoms with Crippen LogP contribution in [0.5, 0.6) is 0 Å². The minimum Gasteiger partial charge on any atom is -0.462 e. The highest BCUT2D eigenvalue weighted by molar-refractivity contribution is 7.98. The normalized spacial score (nSPS) is 11.1. The standard InChI is InChI=1S/C20H20N2O3S/c1-5-25-20(24)17-12(2)18(22-13(17)3)19(23)15(11-21)10-14-6-8-16(26-4)9-7-14/h6-10,22H,5H2,1-4H3/b15-10+. The fourth-order valence-electron chi connectivity index (χ4n) is 2.64. The number of nitriles is 1. The Kier molecular flexibility index (Phi) is 6.42. The van der Waals surface area contributed by atoms with E-state index in [4.69, 9.17) is 4.74 Å². The quantitative estimate of drug-likeness (QED) is 0.270. The van der Waals surface area contributed by atoms with Gasteiger partial charge in [0.1, 0.15) is 11.6 Å². The summed E-state index contributed by atoms with van der Waals surface area (Å²) in [7, 11) is 0. The van der Waals surface area contributed by atoms with Gasteiger partial charge in [-0.3, -0.25) is 4.79 Å². The van der Waals surface area contributed by atoms with Crippen molar-refractivity contribution in [3.8, 4) is 6.07 Å². The summed E-state index contributed by atoms with van der Waals surface area (Å²) in [6, 6.07) is 9.53. The first kappa shape index (κ1) is 19.5. The average Bonchev–Trinajstić information content (AvgIpc) is 2.94. The van der Waals surface area contributed by atoms with E-state index in [-0.39, 0.29) is 17.9 Å². The van der Waals surface area contributed by atoms with Crippen molar-refractivity contribution in [3.63, 3.8) is 0 Å². The van der Waals surface area contributed by atoms with Crippen LogP contribution in [-0.4, -0.2) is 29.6 Å². The summed E-state index contributed by atoms with van der Waals surface area (Å²) in [5.41, 5.74) is 2.38. The van der Waals surface area contributed by atoms with Gasteiger partial charge >= 0.3 is 5.97 Å². The molecule has 2 aromatic rings. The summed E-state index contributed by atoms with van der Waals surface area (Å²) < 4.78 is 5.04. The summed E-state index contributed by atoms with van der Waals surface area (Å²) in [5, 5.41) is 9.43. The predicted octanol–water partition coefficient (Wildman–Crippen LogP) is 4.32. The van der Waals surface area contributed by atoms with Gasteiger partial charge in [-0.05, 0) is 56.4 Å². The zero-order chi connectivity index (χ0) is 19.3. The van der Waals surface area contributed by atoms with E-state index in [0.717, 1.165) is 10.5 Å². The zero-order valence-electron chi connectivity index (χ0n) is 15.2. The third kappa shape index (κ3) is 4.06. The number of aryl methyl sites for hydroxylation is 1. The van der Waals surface area contributed by atoms with E-state index in [1.165, 1.54) is 0 Å². The highest BCUT2D eigenvalue weighted by Crippen LogP contribution is 2.23. The molecule has 0 spiro atoms. The van der Waals surface area contributed by atoms with Crippen molar-refractivity contribution in [2.75, 3.05) is 12.9 Å². The number of thioether (sulfide) groups is 1. The molecule has 0 aliphatic carbocycles. The van der Waals surface area contributed by atoms with Crippen molar-refractivity contribution in [1.29, 1.82) is 5.26 Å². The second-order valence-electron chi connectivity index (χ2n) is 5.62. The van der Waals surface area contributed by atoms with Gasteiger partial charge in [-0.1, -0.05) is 12.1 Å². The molecule has 1 aromatic heterocycles. The third-order valence-corrected chi connectivity index (χ3v) is 4.68. The van der Waals surface area contributed by atoms with Crippen LogP contribution in [0.4, 0.5) is 0 Å². The number of nitrogens with one attached hydrogen (secondary N) is 1. The Bertz CT molecular complexity index is 902. The Balaban J connectivity index is 2.39. The molecule has 0 saturated carbocycles. The number of esters is 1. The van der Waals surface area contributed by atoms with Crippen molar-refractivity contribution >= 4 is 29.6 Å². The number of carbonyl (C=O) groups excluding carboxylic acids is 2. The SMILES string of the molecule is CCOC(=O)c1c(C)[nH]c(C(=O)/C(C#N)=C/c2ccc(SC)cc2)c1C. The van der Waals surface area contributed by atoms with Gasteiger partial charge in [-0.15, -0.1) is 11.8 Å². The number of H-pyrrole nitrogens is 1. The molecule has 0 atom stereocenters. The van der Waals surface area contributed by atoms with Crippen molar-refractivity contribution in [2.45, 2.75) is 25.7 Å². The summed E-state index contributed by atoms with van der Waals surface area (Å²) in [5.74, 6) is -0.925. The topological polar surface area (TPSA) is 83.0 Å². The molecule has 0 amide bonds. The van der Waals surface area contributed by atoms with E-state index < -0.39 is 11.8 Å². The molecule has 2 rings (SSSR count). The summed E-state index contributed by atoms with van der Waals surface area (Å²) in [4.78, 5) is 28.9. The van der Waals surface area contributed by atoms with E-state index in [9.17, 15) is 14.9 Å². The Hall–Kier alpha value is -2.78. The van der Waals surface area contributed by atoms with Crippen LogP contribution in [0.3, 0.4) is 0 Å². The predicted molar refractivity (Wildman–Crippen MR) is 102 cm³/mol. The molecule has 0 radical (unpaired) electrons. The van der Waals surface area contributed by atoms with Gasteiger partial charge in [-0.2, -0.15) is 5.26 Å². The number of ketones is 1. The summed E-state index contributed by atoms with van der Waals surface area (Å²) in [6.07, 6.45) is 3.53. The first-order chi connectivity index (χ1) is 12.4. The maximum atomic E-state index is 12.8. The lowest BCUT2D eigenvalue weighted by molar-refractivity contribution is 0.0525. The number of allylic oxidation sites excluding steroid dienone is 1. The Morgan fingerprint density at radius 2 is 1.92 bits per heavy atom. The van der Waals surface area contributed by atoms with E-state index in [1.807, 2.05) is 36.6 Å². The highest BCUT2D eigenvalue weighted by Gasteiger charge is 2.24. The minimum absolute atomic E-state index is 0.00154. The summed E-state index contributed by atoms with van der Waals surface area (Å²) >= 11 is 1.62. The molecule has 1 N–H and O–H groups in total. The second kappa shape index (κ2) is 8.54. The number of nitrogens with zero attached hydrogens (tertiary/aromatic N) is 1. The number of aromatic amines is 1. The van der Waals surface area contributed by atoms with E-state index in [2.05, 4.69) is 4.98 Å². The molecule has 0 aliphatic heterocycles. The van der Waals surface area contributed by atoms with Gasteiger partial charge in [0.15, 0.2) is 0 Å². The number of rotatable bonds is 6. The Morgan fingerprint density at radius 1 is 1.27 bits per heavy atom. The average molecular weight is 368 g/mol. The first-order valence-electron chi connectivity index (χ1n) is 8.09. The number of carbonyl (C=O) groups is 2. The number of aromatic nitrogens is 1. The van der Waals surface area contributed by atoms with Crippen molar-refractivity contribution in [3.05, 3.63) is 57.9 Å². The molecule has 1 aromatic carbocycles. The maximum Gasteiger partial charge on any atom is 0.340 e. The van der Waals surface area contributed by atoms with Crippen LogP contribution in [0.1, 0.15) is 44.6 Å². The number of hydrogen-bond donors (Lipinski definition) is 1. The van der Waals surface area contributed by atoms with Crippen LogP contribution in [-0.2, 0) is 4.74 Å². The van der Waals surface area contributed by atoms with E-state index in [0.29, 0.717) is 16.8 Å². The monoisotopic (exact) mass is 368 g/mol. The minimum atomic E-state index is -0.479. The molecular formula is C20H20N2O3S. The smallest absolute Gasteiger partial charge is 0.340 e. The maximum absolute atomic E-state index is 12.8. The largest absolute Gasteiger partial charge is 0.462 e. The number of hydrogen-bond acceptors (Lipinski definition) is 5. The van der Waals surface area contributed by atoms with Crippen molar-refractivity contribution in [1.82, 2.24) is 4.98 Å². The lowest BCUT2D eigenvalue weighted by Gasteiger charge is -2.03. The fourth-order valence-corrected chi connectivity index (χ4v) is 3.04. The van der Waals surface area contributed by atoms with Gasteiger partial charge in [0, 0.05) is 10.6 Å². The lowest BCUT2D eigenvalue weighted by Crippen LogP contribution is -2.08. The Labute approximate surface area is 157 Å². The molecule has 6 heteroatoms. The van der Waals surface area contributed by atoms with Gasteiger partial charge in [0.2, 0.25) is 5.78 Å². The van der Waals surface area contributed by atoms with Crippen molar-refractivity contribution < 1.29 is 14.3 Å². The molecule has 0 saturated heterocycles. The molecule has 1 heterocycles. The van der Waals surface area contributed by atoms with Crippen LogP contribution in [0.25, 0.3) is 6.08 Å². The number of benzene rings is 1. The Morgan fingerprint density at radius 3 is 2.46 bits per heavy atom. The van der Waals surface area contributed by atoms with Crippen LogP contribution in [0, 0.1) is 25.2 Å². The van der Waals surface area contributed by atoms with Gasteiger partial charge in [-0.25, -0.2) is 4.79 Å². The van der Waals surface area contributed by atoms with E-state index in [1.54, 1.807) is 38.6 Å². The first-order valence-corrected chi connectivity index (χ1v) is 9.32. The summed E-state index contributed by atoms with van der Waals surface area (Å²) in [6.45, 7) is 5.35. The molecule has 5 nitrogen and oxygen atoms in total. The third-order valence-electron chi connectivity index (χ3n) is 3.94. The lowest BCUT2D eigenvalue weighted by atomic mass is 10.0. The second-order valence-corrected chi connectivity index (χ2v) is 6.50. The molecule has 26 heavy (non-hydrogen) atoms. The van der Waals surface area contributed by atoms with Gasteiger partial charge in [0.25, 0.3) is 0 Å². The molecule has 0 unspecified atom stereocenters. The zero-order valence-corrected chi connectivity index (χ0v) is 16.0. The van der Waals surface area contributed by atoms with Crippen LogP contribution in [0.15, 0.2) is 34.7 Å². The van der Waals surface area contributed by atoms with Gasteiger partial charge in [0.05, 0.1) is 17.9 Å². The van der Waals surface area contributed by atoms with Crippen LogP contribution < -0.4 is 0 Å². The van der Waals surface area contributed by atoms with Crippen LogP contribution >= 0.6 is 11.8 Å².